The molecule has 0 saturated carbocycles. The lowest BCUT2D eigenvalue weighted by atomic mass is 10.1. The molecule has 3 nitrogen and oxygen atoms in total. The maximum absolute atomic E-state index is 12.9. The van der Waals surface area contributed by atoms with Crippen molar-refractivity contribution >= 4 is 5.69 Å². The standard InChI is InChI=1S/C13H15FN2O/c1-16(9-12-3-2-6-17-12)8-10-4-5-11(14)7-13(10)15/h2-7H,8-9,15H2,1H3. The molecule has 90 valence electrons. The molecule has 0 fully saturated rings. The number of nitrogen functional groups attached to an aromatic ring is 1. The number of halogens is 1. The second kappa shape index (κ2) is 5.01. The van der Waals surface area contributed by atoms with Crippen molar-refractivity contribution in [1.29, 1.82) is 0 Å². The molecular formula is C13H15FN2O. The Morgan fingerprint density at radius 2 is 2.12 bits per heavy atom. The lowest BCUT2D eigenvalue weighted by Crippen LogP contribution is -2.17. The molecular weight excluding hydrogens is 219 g/mol. The van der Waals surface area contributed by atoms with Crippen LogP contribution < -0.4 is 5.73 Å². The number of nitrogens with two attached hydrogens (primary N) is 1. The molecule has 0 amide bonds. The highest BCUT2D eigenvalue weighted by Gasteiger charge is 2.06. The molecule has 2 rings (SSSR count). The first kappa shape index (κ1) is 11.7. The SMILES string of the molecule is CN(Cc1ccco1)Cc1ccc(F)cc1N. The van der Waals surface area contributed by atoms with Crippen LogP contribution in [0.3, 0.4) is 0 Å². The van der Waals surface area contributed by atoms with Crippen LogP contribution in [0.5, 0.6) is 0 Å². The van der Waals surface area contributed by atoms with Crippen molar-refractivity contribution in [2.24, 2.45) is 0 Å². The quantitative estimate of drug-likeness (QED) is 0.827. The van der Waals surface area contributed by atoms with E-state index < -0.39 is 0 Å². The Kier molecular flexibility index (Phi) is 3.44. The molecule has 0 unspecified atom stereocenters. The van der Waals surface area contributed by atoms with Crippen molar-refractivity contribution in [2.45, 2.75) is 13.1 Å². The van der Waals surface area contributed by atoms with Gasteiger partial charge in [0.05, 0.1) is 12.8 Å². The third kappa shape index (κ3) is 3.07. The summed E-state index contributed by atoms with van der Waals surface area (Å²) in [6.07, 6.45) is 1.65. The lowest BCUT2D eigenvalue weighted by Gasteiger charge is -2.16. The second-order valence-electron chi connectivity index (χ2n) is 4.09. The number of rotatable bonds is 4. The van der Waals surface area contributed by atoms with Crippen molar-refractivity contribution in [3.8, 4) is 0 Å². The molecule has 0 saturated heterocycles. The van der Waals surface area contributed by atoms with Crippen molar-refractivity contribution in [3.05, 3.63) is 53.7 Å². The van der Waals surface area contributed by atoms with E-state index in [-0.39, 0.29) is 5.82 Å². The van der Waals surface area contributed by atoms with Gasteiger partial charge in [-0.1, -0.05) is 6.07 Å². The fraction of sp³-hybridized carbons (Fsp3) is 0.231. The van der Waals surface area contributed by atoms with Gasteiger partial charge in [0.25, 0.3) is 0 Å². The van der Waals surface area contributed by atoms with Crippen LogP contribution in [0.4, 0.5) is 10.1 Å². The van der Waals surface area contributed by atoms with Gasteiger partial charge >= 0.3 is 0 Å². The second-order valence-corrected chi connectivity index (χ2v) is 4.09. The van der Waals surface area contributed by atoms with Gasteiger partial charge in [-0.25, -0.2) is 4.39 Å². The molecule has 2 aromatic rings. The van der Waals surface area contributed by atoms with E-state index in [2.05, 4.69) is 4.90 Å². The van der Waals surface area contributed by atoms with Gasteiger partial charge in [-0.2, -0.15) is 0 Å². The number of anilines is 1. The molecule has 1 heterocycles. The van der Waals surface area contributed by atoms with Crippen LogP contribution in [0.15, 0.2) is 41.0 Å². The molecule has 0 atom stereocenters. The number of nitrogens with zero attached hydrogens (tertiary/aromatic N) is 1. The van der Waals surface area contributed by atoms with Crippen molar-refractivity contribution in [1.82, 2.24) is 4.90 Å². The highest BCUT2D eigenvalue weighted by molar-refractivity contribution is 5.46. The molecule has 2 N–H and O–H groups in total. The summed E-state index contributed by atoms with van der Waals surface area (Å²) in [6.45, 7) is 1.36. The Labute approximate surface area is 99.6 Å². The first-order chi connectivity index (χ1) is 8.15. The Morgan fingerprint density at radius 3 is 2.76 bits per heavy atom. The predicted molar refractivity (Wildman–Crippen MR) is 64.7 cm³/mol. The first-order valence-corrected chi connectivity index (χ1v) is 5.40. The molecule has 1 aromatic carbocycles. The largest absolute Gasteiger partial charge is 0.468 e. The van der Waals surface area contributed by atoms with E-state index in [1.54, 1.807) is 12.3 Å². The fourth-order valence-corrected chi connectivity index (χ4v) is 1.73. The Bertz CT molecular complexity index is 482. The van der Waals surface area contributed by atoms with Gasteiger partial charge in [-0.05, 0) is 36.9 Å². The molecule has 1 aromatic heterocycles. The lowest BCUT2D eigenvalue weighted by molar-refractivity contribution is 0.288. The van der Waals surface area contributed by atoms with Crippen LogP contribution in [0.2, 0.25) is 0 Å². The van der Waals surface area contributed by atoms with Crippen LogP contribution in [0.1, 0.15) is 11.3 Å². The molecule has 0 aliphatic carbocycles. The van der Waals surface area contributed by atoms with Crippen LogP contribution in [-0.2, 0) is 13.1 Å². The van der Waals surface area contributed by atoms with E-state index in [0.29, 0.717) is 18.8 Å². The average molecular weight is 234 g/mol. The van der Waals surface area contributed by atoms with Gasteiger partial charge in [0.1, 0.15) is 11.6 Å². The smallest absolute Gasteiger partial charge is 0.125 e. The van der Waals surface area contributed by atoms with Gasteiger partial charge < -0.3 is 10.2 Å². The predicted octanol–water partition coefficient (Wildman–Crippen LogP) is 2.63. The van der Waals surface area contributed by atoms with Crippen LogP contribution in [0, 0.1) is 5.82 Å². The first-order valence-electron chi connectivity index (χ1n) is 5.40. The van der Waals surface area contributed by atoms with Crippen LogP contribution in [-0.4, -0.2) is 11.9 Å². The third-order valence-electron chi connectivity index (χ3n) is 2.55. The molecule has 0 radical (unpaired) electrons. The minimum Gasteiger partial charge on any atom is -0.468 e. The topological polar surface area (TPSA) is 42.4 Å². The normalized spacial score (nSPS) is 11.0. The van der Waals surface area contributed by atoms with E-state index >= 15 is 0 Å². The summed E-state index contributed by atoms with van der Waals surface area (Å²) in [5.74, 6) is 0.591. The van der Waals surface area contributed by atoms with Crippen molar-refractivity contribution < 1.29 is 8.81 Å². The number of hydrogen-bond acceptors (Lipinski definition) is 3. The molecule has 0 aliphatic rings. The monoisotopic (exact) mass is 234 g/mol. The molecule has 17 heavy (non-hydrogen) atoms. The number of furan rings is 1. The van der Waals surface area contributed by atoms with E-state index in [0.717, 1.165) is 11.3 Å². The summed E-state index contributed by atoms with van der Waals surface area (Å²) >= 11 is 0. The fourth-order valence-electron chi connectivity index (χ4n) is 1.73. The van der Waals surface area contributed by atoms with E-state index in [1.807, 2.05) is 19.2 Å². The van der Waals surface area contributed by atoms with Crippen molar-refractivity contribution in [3.63, 3.8) is 0 Å². The van der Waals surface area contributed by atoms with Crippen LogP contribution in [0.25, 0.3) is 0 Å². The summed E-state index contributed by atoms with van der Waals surface area (Å²) in [4.78, 5) is 2.06. The van der Waals surface area contributed by atoms with Gasteiger partial charge in [-0.3, -0.25) is 4.90 Å². The van der Waals surface area contributed by atoms with Gasteiger partial charge in [-0.15, -0.1) is 0 Å². The summed E-state index contributed by atoms with van der Waals surface area (Å²) < 4.78 is 18.1. The highest BCUT2D eigenvalue weighted by atomic mass is 19.1. The van der Waals surface area contributed by atoms with Gasteiger partial charge in [0.15, 0.2) is 0 Å². The van der Waals surface area contributed by atoms with Gasteiger partial charge in [0, 0.05) is 12.2 Å². The van der Waals surface area contributed by atoms with E-state index in [4.69, 9.17) is 10.2 Å². The molecule has 4 heteroatoms. The zero-order valence-corrected chi connectivity index (χ0v) is 9.69. The van der Waals surface area contributed by atoms with Gasteiger partial charge in [0.2, 0.25) is 0 Å². The Hall–Kier alpha value is -1.81. The summed E-state index contributed by atoms with van der Waals surface area (Å²) in [6, 6.07) is 8.26. The maximum Gasteiger partial charge on any atom is 0.125 e. The highest BCUT2D eigenvalue weighted by Crippen LogP contribution is 2.16. The van der Waals surface area contributed by atoms with Crippen LogP contribution >= 0.6 is 0 Å². The van der Waals surface area contributed by atoms with E-state index in [9.17, 15) is 4.39 Å². The third-order valence-corrected chi connectivity index (χ3v) is 2.55. The number of hydrogen-bond donors (Lipinski definition) is 1. The zero-order chi connectivity index (χ0) is 12.3. The van der Waals surface area contributed by atoms with Crippen molar-refractivity contribution in [2.75, 3.05) is 12.8 Å². The average Bonchev–Trinajstić information content (AvgIpc) is 2.75. The molecule has 0 spiro atoms. The summed E-state index contributed by atoms with van der Waals surface area (Å²) in [5, 5.41) is 0. The maximum atomic E-state index is 12.9. The molecule has 0 bridgehead atoms. The number of benzene rings is 1. The zero-order valence-electron chi connectivity index (χ0n) is 9.69. The Balaban J connectivity index is 2.00. The Morgan fingerprint density at radius 1 is 1.29 bits per heavy atom. The summed E-state index contributed by atoms with van der Waals surface area (Å²) in [7, 11) is 1.96. The minimum atomic E-state index is -0.306. The molecule has 0 aliphatic heterocycles. The summed E-state index contributed by atoms with van der Waals surface area (Å²) in [5.41, 5.74) is 7.15. The minimum absolute atomic E-state index is 0.306. The van der Waals surface area contributed by atoms with E-state index in [1.165, 1.54) is 12.1 Å².